The van der Waals surface area contributed by atoms with Crippen molar-refractivity contribution in [1.82, 2.24) is 5.32 Å². The van der Waals surface area contributed by atoms with Crippen LogP contribution in [0, 0.1) is 5.82 Å². The van der Waals surface area contributed by atoms with Crippen molar-refractivity contribution in [3.8, 4) is 0 Å². The maximum Gasteiger partial charge on any atom is 0.142 e. The Hall–Kier alpha value is -0.310. The number of piperidine rings is 1. The highest BCUT2D eigenvalue weighted by Gasteiger charge is 2.18. The highest BCUT2D eigenvalue weighted by atomic mass is 35.5. The van der Waals surface area contributed by atoms with Crippen molar-refractivity contribution in [3.05, 3.63) is 34.6 Å². The fourth-order valence-electron chi connectivity index (χ4n) is 1.97. The van der Waals surface area contributed by atoms with Gasteiger partial charge in [-0.05, 0) is 43.5 Å². The van der Waals surface area contributed by atoms with E-state index >= 15 is 0 Å². The maximum absolute atomic E-state index is 13.2. The first kappa shape index (κ1) is 12.8. The van der Waals surface area contributed by atoms with E-state index in [1.54, 1.807) is 6.07 Å². The zero-order valence-electron chi connectivity index (χ0n) is 8.30. The van der Waals surface area contributed by atoms with Crippen LogP contribution in [0.1, 0.15) is 24.3 Å². The number of nitrogens with one attached hydrogen (secondary N) is 1. The molecule has 0 amide bonds. The smallest absolute Gasteiger partial charge is 0.142 e. The van der Waals surface area contributed by atoms with Gasteiger partial charge in [0.05, 0.1) is 5.02 Å². The van der Waals surface area contributed by atoms with Crippen LogP contribution in [-0.4, -0.2) is 13.1 Å². The molecule has 1 fully saturated rings. The highest BCUT2D eigenvalue weighted by molar-refractivity contribution is 6.31. The Bertz CT molecular complexity index is 324. The van der Waals surface area contributed by atoms with Crippen molar-refractivity contribution in [2.75, 3.05) is 13.1 Å². The van der Waals surface area contributed by atoms with Gasteiger partial charge in [-0.1, -0.05) is 23.7 Å². The van der Waals surface area contributed by atoms with Crippen LogP contribution in [0.25, 0.3) is 0 Å². The van der Waals surface area contributed by atoms with E-state index in [0.717, 1.165) is 31.5 Å². The fraction of sp³-hybridized carbons (Fsp3) is 0.455. The maximum atomic E-state index is 13.2. The van der Waals surface area contributed by atoms with Gasteiger partial charge >= 0.3 is 0 Å². The molecule has 1 nitrogen and oxygen atoms in total. The molecule has 1 aliphatic rings. The average molecular weight is 250 g/mol. The molecule has 0 bridgehead atoms. The normalized spacial score (nSPS) is 17.2. The molecule has 0 aromatic heterocycles. The lowest BCUT2D eigenvalue weighted by Gasteiger charge is -2.23. The molecule has 1 aromatic rings. The van der Waals surface area contributed by atoms with Gasteiger partial charge in [-0.15, -0.1) is 12.4 Å². The Morgan fingerprint density at radius 3 is 2.60 bits per heavy atom. The monoisotopic (exact) mass is 249 g/mol. The molecule has 84 valence electrons. The lowest BCUT2D eigenvalue weighted by atomic mass is 9.90. The second-order valence-corrected chi connectivity index (χ2v) is 4.05. The van der Waals surface area contributed by atoms with E-state index in [0.29, 0.717) is 10.9 Å². The summed E-state index contributed by atoms with van der Waals surface area (Å²) in [5.74, 6) is 0.113. The Balaban J connectivity index is 0.00000112. The van der Waals surface area contributed by atoms with Crippen molar-refractivity contribution in [2.24, 2.45) is 0 Å². The van der Waals surface area contributed by atoms with Crippen LogP contribution in [0.4, 0.5) is 4.39 Å². The van der Waals surface area contributed by atoms with Crippen molar-refractivity contribution in [3.63, 3.8) is 0 Å². The SMILES string of the molecule is Cl.Fc1cccc(C2CCNCC2)c1Cl. The standard InChI is InChI=1S/C11H13ClFN.ClH/c12-11-9(2-1-3-10(11)13)8-4-6-14-7-5-8;/h1-3,8,14H,4-7H2;1H. The molecule has 0 atom stereocenters. The van der Waals surface area contributed by atoms with Crippen LogP contribution in [0.5, 0.6) is 0 Å². The minimum atomic E-state index is -0.303. The van der Waals surface area contributed by atoms with Crippen LogP contribution < -0.4 is 5.32 Å². The van der Waals surface area contributed by atoms with Gasteiger partial charge in [-0.25, -0.2) is 4.39 Å². The van der Waals surface area contributed by atoms with Crippen LogP contribution in [0.2, 0.25) is 5.02 Å². The number of halogens is 3. The summed E-state index contributed by atoms with van der Waals surface area (Å²) in [5, 5.41) is 3.59. The topological polar surface area (TPSA) is 12.0 Å². The summed E-state index contributed by atoms with van der Waals surface area (Å²) in [7, 11) is 0. The molecule has 2 rings (SSSR count). The molecule has 4 heteroatoms. The van der Waals surface area contributed by atoms with E-state index in [-0.39, 0.29) is 18.2 Å². The molecule has 1 heterocycles. The van der Waals surface area contributed by atoms with Gasteiger partial charge in [0.2, 0.25) is 0 Å². The van der Waals surface area contributed by atoms with Crippen LogP contribution in [0.3, 0.4) is 0 Å². The van der Waals surface area contributed by atoms with Gasteiger partial charge in [0.25, 0.3) is 0 Å². The number of hydrogen-bond acceptors (Lipinski definition) is 1. The minimum Gasteiger partial charge on any atom is -0.317 e. The summed E-state index contributed by atoms with van der Waals surface area (Å²) < 4.78 is 13.2. The third-order valence-electron chi connectivity index (χ3n) is 2.76. The highest BCUT2D eigenvalue weighted by Crippen LogP contribution is 2.32. The molecule has 1 N–H and O–H groups in total. The van der Waals surface area contributed by atoms with Crippen molar-refractivity contribution in [2.45, 2.75) is 18.8 Å². The van der Waals surface area contributed by atoms with E-state index in [2.05, 4.69) is 5.32 Å². The summed E-state index contributed by atoms with van der Waals surface area (Å²) in [4.78, 5) is 0. The Kier molecular flexibility index (Phi) is 4.84. The van der Waals surface area contributed by atoms with Crippen molar-refractivity contribution in [1.29, 1.82) is 0 Å². The zero-order chi connectivity index (χ0) is 9.97. The number of hydrogen-bond donors (Lipinski definition) is 1. The van der Waals surface area contributed by atoms with Gasteiger partial charge < -0.3 is 5.32 Å². The van der Waals surface area contributed by atoms with E-state index < -0.39 is 0 Å². The quantitative estimate of drug-likeness (QED) is 0.805. The van der Waals surface area contributed by atoms with Gasteiger partial charge in [-0.2, -0.15) is 0 Å². The first-order valence-corrected chi connectivity index (χ1v) is 5.31. The van der Waals surface area contributed by atoms with Crippen LogP contribution in [0.15, 0.2) is 18.2 Å². The van der Waals surface area contributed by atoms with Gasteiger partial charge in [0.15, 0.2) is 0 Å². The average Bonchev–Trinajstić information content (AvgIpc) is 2.23. The Labute approximate surface area is 100 Å². The molecule has 1 saturated heterocycles. The van der Waals surface area contributed by atoms with E-state index in [9.17, 15) is 4.39 Å². The summed E-state index contributed by atoms with van der Waals surface area (Å²) in [6.07, 6.45) is 2.09. The molecular weight excluding hydrogens is 236 g/mol. The molecule has 1 aromatic carbocycles. The molecule has 0 radical (unpaired) electrons. The molecule has 15 heavy (non-hydrogen) atoms. The molecule has 0 spiro atoms. The summed E-state index contributed by atoms with van der Waals surface area (Å²) in [5.41, 5.74) is 0.966. The lowest BCUT2D eigenvalue weighted by Crippen LogP contribution is -2.26. The van der Waals surface area contributed by atoms with E-state index in [1.165, 1.54) is 6.07 Å². The van der Waals surface area contributed by atoms with Gasteiger partial charge in [0, 0.05) is 0 Å². The number of benzene rings is 1. The summed E-state index contributed by atoms with van der Waals surface area (Å²) in [6, 6.07) is 5.08. The summed E-state index contributed by atoms with van der Waals surface area (Å²) >= 11 is 5.93. The Morgan fingerprint density at radius 2 is 1.93 bits per heavy atom. The van der Waals surface area contributed by atoms with Crippen LogP contribution >= 0.6 is 24.0 Å². The third-order valence-corrected chi connectivity index (χ3v) is 3.16. The second-order valence-electron chi connectivity index (χ2n) is 3.67. The fourth-order valence-corrected chi connectivity index (χ4v) is 2.25. The molecule has 0 saturated carbocycles. The predicted molar refractivity (Wildman–Crippen MR) is 63.5 cm³/mol. The first-order valence-electron chi connectivity index (χ1n) is 4.93. The summed E-state index contributed by atoms with van der Waals surface area (Å²) in [6.45, 7) is 2.00. The van der Waals surface area contributed by atoms with E-state index in [1.807, 2.05) is 6.07 Å². The largest absolute Gasteiger partial charge is 0.317 e. The van der Waals surface area contributed by atoms with Gasteiger partial charge in [-0.3, -0.25) is 0 Å². The predicted octanol–water partition coefficient (Wildman–Crippen LogP) is 3.37. The van der Waals surface area contributed by atoms with Crippen molar-refractivity contribution < 1.29 is 4.39 Å². The number of rotatable bonds is 1. The zero-order valence-corrected chi connectivity index (χ0v) is 9.87. The van der Waals surface area contributed by atoms with E-state index in [4.69, 9.17) is 11.6 Å². The molecule has 1 aliphatic heterocycles. The van der Waals surface area contributed by atoms with Crippen molar-refractivity contribution >= 4 is 24.0 Å². The lowest BCUT2D eigenvalue weighted by molar-refractivity contribution is 0.458. The minimum absolute atomic E-state index is 0. The third kappa shape index (κ3) is 2.83. The Morgan fingerprint density at radius 1 is 1.27 bits per heavy atom. The second kappa shape index (κ2) is 5.69. The molecule has 0 aliphatic carbocycles. The molecular formula is C11H14Cl2FN. The van der Waals surface area contributed by atoms with Gasteiger partial charge in [0.1, 0.15) is 5.82 Å². The van der Waals surface area contributed by atoms with Crippen LogP contribution in [-0.2, 0) is 0 Å². The molecule has 0 unspecified atom stereocenters. The first-order chi connectivity index (χ1) is 6.79.